The molecule has 2 aromatic heterocycles. The van der Waals surface area contributed by atoms with E-state index in [2.05, 4.69) is 17.2 Å². The van der Waals surface area contributed by atoms with Crippen LogP contribution in [0, 0.1) is 5.41 Å². The molecule has 1 fully saturated rings. The zero-order valence-electron chi connectivity index (χ0n) is 12.6. The van der Waals surface area contributed by atoms with E-state index in [0.29, 0.717) is 17.6 Å². The molecule has 1 N–H and O–H groups in total. The molecule has 0 aromatic carbocycles. The van der Waals surface area contributed by atoms with E-state index in [-0.39, 0.29) is 5.56 Å². The lowest BCUT2D eigenvalue weighted by Crippen LogP contribution is -2.33. The van der Waals surface area contributed by atoms with Crippen LogP contribution in [-0.4, -0.2) is 15.9 Å². The Morgan fingerprint density at radius 1 is 1.29 bits per heavy atom. The van der Waals surface area contributed by atoms with E-state index in [1.807, 2.05) is 18.2 Å². The molecular weight excluding hydrogens is 262 g/mol. The van der Waals surface area contributed by atoms with Crippen LogP contribution in [0.25, 0.3) is 5.65 Å². The maximum atomic E-state index is 12.0. The number of pyridine rings is 1. The van der Waals surface area contributed by atoms with Gasteiger partial charge in [-0.05, 0) is 30.4 Å². The first-order valence-electron chi connectivity index (χ1n) is 7.84. The molecule has 0 bridgehead atoms. The van der Waals surface area contributed by atoms with Crippen LogP contribution in [0.3, 0.4) is 0 Å². The summed E-state index contributed by atoms with van der Waals surface area (Å²) in [4.78, 5) is 16.6. The molecule has 0 radical (unpaired) electrons. The second-order valence-electron chi connectivity index (χ2n) is 6.49. The predicted octanol–water partition coefficient (Wildman–Crippen LogP) is 2.75. The van der Waals surface area contributed by atoms with Gasteiger partial charge in [-0.15, -0.1) is 0 Å². The van der Waals surface area contributed by atoms with Gasteiger partial charge in [0.1, 0.15) is 5.65 Å². The molecule has 0 unspecified atom stereocenters. The molecule has 1 aliphatic carbocycles. The molecule has 1 aliphatic rings. The Kier molecular flexibility index (Phi) is 4.06. The summed E-state index contributed by atoms with van der Waals surface area (Å²) in [6.07, 6.45) is 8.41. The van der Waals surface area contributed by atoms with Gasteiger partial charge >= 0.3 is 0 Å². The number of nitrogens with one attached hydrogen (secondary N) is 1. The average Bonchev–Trinajstić information content (AvgIpc) is 2.48. The highest BCUT2D eigenvalue weighted by Gasteiger charge is 2.26. The number of hydrogen-bond donors (Lipinski definition) is 1. The first-order chi connectivity index (χ1) is 10.2. The topological polar surface area (TPSA) is 46.4 Å². The Morgan fingerprint density at radius 3 is 2.90 bits per heavy atom. The highest BCUT2D eigenvalue weighted by atomic mass is 16.1. The molecule has 0 amide bonds. The number of rotatable bonds is 4. The normalized spacial score (nSPS) is 18.0. The zero-order valence-corrected chi connectivity index (χ0v) is 12.6. The van der Waals surface area contributed by atoms with Gasteiger partial charge in [-0.25, -0.2) is 4.98 Å². The van der Waals surface area contributed by atoms with E-state index < -0.39 is 0 Å². The zero-order chi connectivity index (χ0) is 14.7. The Hall–Kier alpha value is -1.68. The highest BCUT2D eigenvalue weighted by Crippen LogP contribution is 2.34. The van der Waals surface area contributed by atoms with E-state index in [9.17, 15) is 4.79 Å². The summed E-state index contributed by atoms with van der Waals surface area (Å²) in [6, 6.07) is 7.25. The second-order valence-corrected chi connectivity index (χ2v) is 6.49. The summed E-state index contributed by atoms with van der Waals surface area (Å²) >= 11 is 0. The third-order valence-corrected chi connectivity index (χ3v) is 4.54. The van der Waals surface area contributed by atoms with E-state index >= 15 is 0 Å². The summed E-state index contributed by atoms with van der Waals surface area (Å²) in [6.45, 7) is 4.03. The molecule has 2 heterocycles. The van der Waals surface area contributed by atoms with Crippen LogP contribution in [0.2, 0.25) is 0 Å². The monoisotopic (exact) mass is 285 g/mol. The minimum Gasteiger partial charge on any atom is -0.311 e. The van der Waals surface area contributed by atoms with Crippen molar-refractivity contribution in [1.82, 2.24) is 14.7 Å². The Labute approximate surface area is 125 Å². The SMILES string of the molecule is CC1(CNCc2cc(=O)n3ccccc3n2)CCCCC1. The largest absolute Gasteiger partial charge is 0.311 e. The summed E-state index contributed by atoms with van der Waals surface area (Å²) in [7, 11) is 0. The Balaban J connectivity index is 1.67. The number of hydrogen-bond acceptors (Lipinski definition) is 3. The molecule has 21 heavy (non-hydrogen) atoms. The smallest absolute Gasteiger partial charge is 0.258 e. The molecule has 0 spiro atoms. The second kappa shape index (κ2) is 5.98. The van der Waals surface area contributed by atoms with Crippen LogP contribution in [0.1, 0.15) is 44.7 Å². The molecule has 112 valence electrons. The number of nitrogens with zero attached hydrogens (tertiary/aromatic N) is 2. The van der Waals surface area contributed by atoms with Crippen LogP contribution in [0.15, 0.2) is 35.3 Å². The van der Waals surface area contributed by atoms with Gasteiger partial charge in [0.05, 0.1) is 5.69 Å². The lowest BCUT2D eigenvalue weighted by Gasteiger charge is -2.33. The number of fused-ring (bicyclic) bond motifs is 1. The standard InChI is InChI=1S/C17H23N3O/c1-17(8-4-2-5-9-17)13-18-12-14-11-16(21)20-10-6-3-7-15(20)19-14/h3,6-7,10-11,18H,2,4-5,8-9,12-13H2,1H3. The lowest BCUT2D eigenvalue weighted by atomic mass is 9.76. The van der Waals surface area contributed by atoms with Crippen LogP contribution in [-0.2, 0) is 6.54 Å². The van der Waals surface area contributed by atoms with Crippen LogP contribution in [0.4, 0.5) is 0 Å². The van der Waals surface area contributed by atoms with Crippen LogP contribution in [0.5, 0.6) is 0 Å². The quantitative estimate of drug-likeness (QED) is 0.939. The molecule has 3 rings (SSSR count). The lowest BCUT2D eigenvalue weighted by molar-refractivity contribution is 0.207. The molecule has 1 saturated carbocycles. The van der Waals surface area contributed by atoms with Crippen molar-refractivity contribution in [3.05, 3.63) is 46.5 Å². The van der Waals surface area contributed by atoms with E-state index in [4.69, 9.17) is 0 Å². The van der Waals surface area contributed by atoms with Crippen LogP contribution < -0.4 is 10.9 Å². The summed E-state index contributed by atoms with van der Waals surface area (Å²) in [5, 5.41) is 3.49. The van der Waals surface area contributed by atoms with E-state index in [1.165, 1.54) is 32.1 Å². The van der Waals surface area contributed by atoms with Crippen molar-refractivity contribution < 1.29 is 0 Å². The van der Waals surface area contributed by atoms with Gasteiger partial charge in [-0.1, -0.05) is 32.3 Å². The first kappa shape index (κ1) is 14.3. The molecule has 2 aromatic rings. The molecule has 0 aliphatic heterocycles. The fourth-order valence-corrected chi connectivity index (χ4v) is 3.27. The minimum atomic E-state index is -0.0127. The Morgan fingerprint density at radius 2 is 2.10 bits per heavy atom. The minimum absolute atomic E-state index is 0.0127. The van der Waals surface area contributed by atoms with Crippen molar-refractivity contribution >= 4 is 5.65 Å². The predicted molar refractivity (Wildman–Crippen MR) is 84.4 cm³/mol. The van der Waals surface area contributed by atoms with E-state index in [1.54, 1.807) is 16.7 Å². The maximum absolute atomic E-state index is 12.0. The molecule has 4 nitrogen and oxygen atoms in total. The fourth-order valence-electron chi connectivity index (χ4n) is 3.27. The van der Waals surface area contributed by atoms with Crippen molar-refractivity contribution in [1.29, 1.82) is 0 Å². The van der Waals surface area contributed by atoms with Crippen molar-refractivity contribution in [3.63, 3.8) is 0 Å². The molecule has 4 heteroatoms. The Bertz CT molecular complexity index is 671. The third kappa shape index (κ3) is 3.32. The van der Waals surface area contributed by atoms with Crippen molar-refractivity contribution in [2.24, 2.45) is 5.41 Å². The summed E-state index contributed by atoms with van der Waals surface area (Å²) in [5.74, 6) is 0. The first-order valence-corrected chi connectivity index (χ1v) is 7.84. The average molecular weight is 285 g/mol. The van der Waals surface area contributed by atoms with Gasteiger partial charge in [0.25, 0.3) is 5.56 Å². The van der Waals surface area contributed by atoms with Crippen LogP contribution >= 0.6 is 0 Å². The molecular formula is C17H23N3O. The van der Waals surface area contributed by atoms with Crippen molar-refractivity contribution in [3.8, 4) is 0 Å². The molecule has 0 atom stereocenters. The van der Waals surface area contributed by atoms with Gasteiger partial charge < -0.3 is 5.32 Å². The fraction of sp³-hybridized carbons (Fsp3) is 0.529. The van der Waals surface area contributed by atoms with Crippen molar-refractivity contribution in [2.75, 3.05) is 6.54 Å². The highest BCUT2D eigenvalue weighted by molar-refractivity contribution is 5.37. The third-order valence-electron chi connectivity index (χ3n) is 4.54. The van der Waals surface area contributed by atoms with Gasteiger partial charge in [0, 0.05) is 25.4 Å². The van der Waals surface area contributed by atoms with Gasteiger partial charge in [0.15, 0.2) is 0 Å². The van der Waals surface area contributed by atoms with E-state index in [0.717, 1.165) is 12.2 Å². The maximum Gasteiger partial charge on any atom is 0.258 e. The molecule has 0 saturated heterocycles. The van der Waals surface area contributed by atoms with Crippen molar-refractivity contribution in [2.45, 2.75) is 45.6 Å². The van der Waals surface area contributed by atoms with Gasteiger partial charge in [-0.3, -0.25) is 9.20 Å². The van der Waals surface area contributed by atoms with Gasteiger partial charge in [-0.2, -0.15) is 0 Å². The number of aromatic nitrogens is 2. The summed E-state index contributed by atoms with van der Waals surface area (Å²) in [5.41, 5.74) is 1.93. The van der Waals surface area contributed by atoms with Gasteiger partial charge in [0.2, 0.25) is 0 Å². The summed E-state index contributed by atoms with van der Waals surface area (Å²) < 4.78 is 1.58.